The molecule has 1 nitrogen and oxygen atoms in total. The van der Waals surface area contributed by atoms with Gasteiger partial charge in [-0.3, -0.25) is 0 Å². The van der Waals surface area contributed by atoms with Crippen LogP contribution in [0.2, 0.25) is 0 Å². The van der Waals surface area contributed by atoms with Crippen molar-refractivity contribution in [3.63, 3.8) is 0 Å². The Hall–Kier alpha value is -0.780. The molecule has 18 heavy (non-hydrogen) atoms. The third-order valence-electron chi connectivity index (χ3n) is 2.61. The number of rotatable bonds is 2. The van der Waals surface area contributed by atoms with E-state index in [0.717, 1.165) is 16.6 Å². The lowest BCUT2D eigenvalue weighted by atomic mass is 9.99. The molecule has 1 atom stereocenters. The molecule has 0 saturated carbocycles. The van der Waals surface area contributed by atoms with Crippen molar-refractivity contribution in [3.05, 3.63) is 68.1 Å². The minimum atomic E-state index is -0.719. The molecule has 2 aromatic rings. The summed E-state index contributed by atoms with van der Waals surface area (Å²) in [7, 11) is 0. The molecule has 94 valence electrons. The van der Waals surface area contributed by atoms with Gasteiger partial charge < -0.3 is 5.73 Å². The molecule has 0 bridgehead atoms. The average Bonchev–Trinajstić information content (AvgIpc) is 2.33. The number of nitrogens with two attached hydrogens (primary N) is 1. The first-order chi connectivity index (χ1) is 8.50. The highest BCUT2D eigenvalue weighted by Gasteiger charge is 2.18. The van der Waals surface area contributed by atoms with E-state index in [0.29, 0.717) is 5.56 Å². The van der Waals surface area contributed by atoms with Gasteiger partial charge in [0.1, 0.15) is 11.6 Å². The molecule has 0 heterocycles. The Bertz CT molecular complexity index is 587. The van der Waals surface area contributed by atoms with Crippen LogP contribution in [0.15, 0.2) is 45.3 Å². The largest absolute Gasteiger partial charge is 0.320 e. The quantitative estimate of drug-likeness (QED) is 0.765. The second-order valence-corrected chi connectivity index (χ2v) is 5.50. The predicted molar refractivity (Wildman–Crippen MR) is 74.2 cm³/mol. The molecule has 2 N–H and O–H groups in total. The van der Waals surface area contributed by atoms with Gasteiger partial charge in [0.05, 0.1) is 10.5 Å². The van der Waals surface area contributed by atoms with Crippen LogP contribution in [0.1, 0.15) is 17.2 Å². The van der Waals surface area contributed by atoms with Gasteiger partial charge in [0.2, 0.25) is 0 Å². The third-order valence-corrected chi connectivity index (χ3v) is 3.94. The number of hydrogen-bond donors (Lipinski definition) is 1. The second kappa shape index (κ2) is 5.47. The van der Waals surface area contributed by atoms with Gasteiger partial charge >= 0.3 is 0 Å². The minimum Gasteiger partial charge on any atom is -0.320 e. The van der Waals surface area contributed by atoms with Crippen LogP contribution in [0, 0.1) is 11.6 Å². The summed E-state index contributed by atoms with van der Waals surface area (Å²) in [6.07, 6.45) is 0. The maximum absolute atomic E-state index is 13.8. The summed E-state index contributed by atoms with van der Waals surface area (Å²) in [4.78, 5) is 0. The van der Waals surface area contributed by atoms with E-state index in [1.165, 1.54) is 0 Å². The standard InChI is InChI=1S/C13H9Br2F2N/c14-9-4-2-1-3-7(9)13(18)8-5-12(17)10(15)6-11(8)16/h1-6,13H,18H2. The molecular formula is C13H9Br2F2N. The summed E-state index contributed by atoms with van der Waals surface area (Å²) in [6, 6.07) is 8.69. The zero-order chi connectivity index (χ0) is 13.3. The fraction of sp³-hybridized carbons (Fsp3) is 0.0769. The first-order valence-corrected chi connectivity index (χ1v) is 6.73. The highest BCUT2D eigenvalue weighted by atomic mass is 79.9. The molecule has 2 rings (SSSR count). The molecule has 0 aromatic heterocycles. The van der Waals surface area contributed by atoms with E-state index in [1.54, 1.807) is 12.1 Å². The number of halogens is 4. The van der Waals surface area contributed by atoms with Gasteiger partial charge in [0, 0.05) is 10.0 Å². The SMILES string of the molecule is NC(c1cc(F)c(Br)cc1F)c1ccccc1Br. The van der Waals surface area contributed by atoms with Gasteiger partial charge in [-0.25, -0.2) is 8.78 Å². The molecular weight excluding hydrogens is 368 g/mol. The van der Waals surface area contributed by atoms with Gasteiger partial charge in [0.15, 0.2) is 0 Å². The minimum absolute atomic E-state index is 0.0862. The summed E-state index contributed by atoms with van der Waals surface area (Å²) < 4.78 is 28.1. The van der Waals surface area contributed by atoms with Crippen LogP contribution in [-0.2, 0) is 0 Å². The van der Waals surface area contributed by atoms with Crippen LogP contribution in [0.5, 0.6) is 0 Å². The van der Waals surface area contributed by atoms with E-state index in [1.807, 2.05) is 12.1 Å². The van der Waals surface area contributed by atoms with Crippen LogP contribution in [-0.4, -0.2) is 0 Å². The van der Waals surface area contributed by atoms with Crippen LogP contribution >= 0.6 is 31.9 Å². The Morgan fingerprint density at radius 3 is 2.22 bits per heavy atom. The van der Waals surface area contributed by atoms with Gasteiger partial charge in [-0.1, -0.05) is 34.1 Å². The fourth-order valence-electron chi connectivity index (χ4n) is 1.67. The first-order valence-electron chi connectivity index (χ1n) is 5.15. The van der Waals surface area contributed by atoms with Gasteiger partial charge in [-0.15, -0.1) is 0 Å². The van der Waals surface area contributed by atoms with Crippen molar-refractivity contribution in [1.82, 2.24) is 0 Å². The van der Waals surface area contributed by atoms with Crippen LogP contribution in [0.25, 0.3) is 0 Å². The molecule has 0 fully saturated rings. The van der Waals surface area contributed by atoms with Crippen LogP contribution < -0.4 is 5.73 Å². The fourth-order valence-corrected chi connectivity index (χ4v) is 2.52. The Morgan fingerprint density at radius 2 is 1.56 bits per heavy atom. The Balaban J connectivity index is 2.50. The maximum atomic E-state index is 13.8. The molecule has 0 aliphatic rings. The monoisotopic (exact) mass is 375 g/mol. The zero-order valence-electron chi connectivity index (χ0n) is 9.13. The summed E-state index contributed by atoms with van der Waals surface area (Å²) in [5, 5.41) is 0. The molecule has 1 unspecified atom stereocenters. The molecule has 0 spiro atoms. The van der Waals surface area contributed by atoms with Crippen LogP contribution in [0.4, 0.5) is 8.78 Å². The number of benzene rings is 2. The van der Waals surface area contributed by atoms with Gasteiger partial charge in [-0.05, 0) is 39.7 Å². The molecule has 0 aliphatic carbocycles. The molecule has 2 aromatic carbocycles. The third kappa shape index (κ3) is 2.63. The zero-order valence-corrected chi connectivity index (χ0v) is 12.3. The lowest BCUT2D eigenvalue weighted by molar-refractivity contribution is 0.572. The van der Waals surface area contributed by atoms with Gasteiger partial charge in [0.25, 0.3) is 0 Å². The van der Waals surface area contributed by atoms with E-state index in [2.05, 4.69) is 31.9 Å². The summed E-state index contributed by atoms with van der Waals surface area (Å²) in [5.74, 6) is -1.07. The predicted octanol–water partition coefficient (Wildman–Crippen LogP) is 4.54. The van der Waals surface area contributed by atoms with E-state index in [9.17, 15) is 8.78 Å². The summed E-state index contributed by atoms with van der Waals surface area (Å²) in [5.41, 5.74) is 6.82. The first kappa shape index (κ1) is 13.6. The molecule has 0 radical (unpaired) electrons. The summed E-state index contributed by atoms with van der Waals surface area (Å²) in [6.45, 7) is 0. The average molecular weight is 377 g/mol. The molecule has 0 saturated heterocycles. The Kier molecular flexibility index (Phi) is 4.14. The summed E-state index contributed by atoms with van der Waals surface area (Å²) >= 11 is 6.28. The highest BCUT2D eigenvalue weighted by Crippen LogP contribution is 2.30. The van der Waals surface area contributed by atoms with E-state index < -0.39 is 17.7 Å². The molecule has 0 amide bonds. The molecule has 5 heteroatoms. The normalized spacial score (nSPS) is 12.5. The van der Waals surface area contributed by atoms with E-state index in [4.69, 9.17) is 5.73 Å². The smallest absolute Gasteiger partial charge is 0.137 e. The van der Waals surface area contributed by atoms with Gasteiger partial charge in [-0.2, -0.15) is 0 Å². The molecule has 0 aliphatic heterocycles. The second-order valence-electron chi connectivity index (χ2n) is 3.79. The van der Waals surface area contributed by atoms with Crippen molar-refractivity contribution in [2.24, 2.45) is 5.73 Å². The number of hydrogen-bond acceptors (Lipinski definition) is 1. The van der Waals surface area contributed by atoms with Crippen molar-refractivity contribution in [1.29, 1.82) is 0 Å². The van der Waals surface area contributed by atoms with Crippen molar-refractivity contribution >= 4 is 31.9 Å². The van der Waals surface area contributed by atoms with E-state index in [-0.39, 0.29) is 10.0 Å². The maximum Gasteiger partial charge on any atom is 0.137 e. The Labute approximate surface area is 120 Å². The highest BCUT2D eigenvalue weighted by molar-refractivity contribution is 9.10. The lowest BCUT2D eigenvalue weighted by Crippen LogP contribution is -2.14. The van der Waals surface area contributed by atoms with Crippen molar-refractivity contribution in [2.45, 2.75) is 6.04 Å². The van der Waals surface area contributed by atoms with Crippen molar-refractivity contribution < 1.29 is 8.78 Å². The van der Waals surface area contributed by atoms with Crippen molar-refractivity contribution in [2.75, 3.05) is 0 Å². The Morgan fingerprint density at radius 1 is 0.889 bits per heavy atom. The van der Waals surface area contributed by atoms with Crippen LogP contribution in [0.3, 0.4) is 0 Å². The van der Waals surface area contributed by atoms with E-state index >= 15 is 0 Å². The lowest BCUT2D eigenvalue weighted by Gasteiger charge is -2.15. The van der Waals surface area contributed by atoms with Crippen molar-refractivity contribution in [3.8, 4) is 0 Å². The topological polar surface area (TPSA) is 26.0 Å².